The summed E-state index contributed by atoms with van der Waals surface area (Å²) in [5.74, 6) is -0.970. The van der Waals surface area contributed by atoms with Gasteiger partial charge >= 0.3 is 5.97 Å². The van der Waals surface area contributed by atoms with Crippen molar-refractivity contribution in [1.29, 1.82) is 5.26 Å². The van der Waals surface area contributed by atoms with Gasteiger partial charge < -0.3 is 10.1 Å². The van der Waals surface area contributed by atoms with Crippen molar-refractivity contribution >= 4 is 34.3 Å². The van der Waals surface area contributed by atoms with Crippen LogP contribution < -0.4 is 10.2 Å². The normalized spacial score (nSPS) is 13.7. The second kappa shape index (κ2) is 8.24. The summed E-state index contributed by atoms with van der Waals surface area (Å²) in [5.41, 5.74) is 0.514. The molecule has 122 valence electrons. The summed E-state index contributed by atoms with van der Waals surface area (Å²) in [4.78, 5) is 40.5. The standard InChI is InChI=1S/C14H16N4O4S/c15-4-2-5-16-11(19)8-22-13(21)7-10-9-23-14(17-10)18-6-1-3-12(18)20/h9H,1-3,5-8H2,(H,16,19). The van der Waals surface area contributed by atoms with E-state index >= 15 is 0 Å². The molecule has 2 amide bonds. The summed E-state index contributed by atoms with van der Waals surface area (Å²) in [6.45, 7) is 0.497. The van der Waals surface area contributed by atoms with Gasteiger partial charge in [-0.1, -0.05) is 0 Å². The minimum Gasteiger partial charge on any atom is -0.455 e. The molecule has 0 unspecified atom stereocenters. The van der Waals surface area contributed by atoms with Gasteiger partial charge in [0, 0.05) is 24.9 Å². The van der Waals surface area contributed by atoms with E-state index in [1.807, 2.05) is 6.07 Å². The second-order valence-corrected chi connectivity index (χ2v) is 5.70. The lowest BCUT2D eigenvalue weighted by Crippen LogP contribution is -2.29. The molecule has 0 radical (unpaired) electrons. The summed E-state index contributed by atoms with van der Waals surface area (Å²) in [7, 11) is 0. The number of nitrogens with zero attached hydrogens (tertiary/aromatic N) is 3. The monoisotopic (exact) mass is 336 g/mol. The van der Waals surface area contributed by atoms with E-state index in [0.717, 1.165) is 6.42 Å². The molecule has 2 rings (SSSR count). The molecule has 1 aromatic rings. The average molecular weight is 336 g/mol. The third-order valence-electron chi connectivity index (χ3n) is 3.09. The fourth-order valence-electron chi connectivity index (χ4n) is 2.01. The predicted molar refractivity (Wildman–Crippen MR) is 81.6 cm³/mol. The molecule has 0 bridgehead atoms. The molecule has 1 N–H and O–H groups in total. The van der Waals surface area contributed by atoms with Crippen molar-refractivity contribution in [3.8, 4) is 6.07 Å². The number of thiazole rings is 1. The van der Waals surface area contributed by atoms with Gasteiger partial charge in [0.2, 0.25) is 5.91 Å². The molecule has 1 aliphatic rings. The highest BCUT2D eigenvalue weighted by molar-refractivity contribution is 7.14. The first-order valence-electron chi connectivity index (χ1n) is 7.14. The van der Waals surface area contributed by atoms with Gasteiger partial charge in [0.15, 0.2) is 11.7 Å². The quantitative estimate of drug-likeness (QED) is 0.569. The van der Waals surface area contributed by atoms with E-state index in [4.69, 9.17) is 10.00 Å². The Bertz CT molecular complexity index is 637. The number of aromatic nitrogens is 1. The first-order valence-corrected chi connectivity index (χ1v) is 8.02. The number of hydrogen-bond donors (Lipinski definition) is 1. The van der Waals surface area contributed by atoms with E-state index in [1.54, 1.807) is 10.3 Å². The molecule has 1 fully saturated rings. The molecule has 1 saturated heterocycles. The molecule has 9 heteroatoms. The van der Waals surface area contributed by atoms with E-state index < -0.39 is 11.9 Å². The molecule has 1 aliphatic heterocycles. The van der Waals surface area contributed by atoms with Crippen LogP contribution in [-0.4, -0.2) is 42.5 Å². The van der Waals surface area contributed by atoms with Crippen molar-refractivity contribution in [1.82, 2.24) is 10.3 Å². The molecule has 0 aliphatic carbocycles. The number of esters is 1. The Labute approximate surface area is 137 Å². The number of nitrogens with one attached hydrogen (secondary N) is 1. The van der Waals surface area contributed by atoms with Crippen LogP contribution in [0.1, 0.15) is 25.0 Å². The minimum absolute atomic E-state index is 0.0440. The number of hydrogen-bond acceptors (Lipinski definition) is 7. The number of nitriles is 1. The molecule has 23 heavy (non-hydrogen) atoms. The van der Waals surface area contributed by atoms with Crippen LogP contribution in [0.5, 0.6) is 0 Å². The number of anilines is 1. The van der Waals surface area contributed by atoms with Crippen molar-refractivity contribution in [3.05, 3.63) is 11.1 Å². The Kier molecular flexibility index (Phi) is 6.05. The Morgan fingerprint density at radius 3 is 3.04 bits per heavy atom. The maximum Gasteiger partial charge on any atom is 0.312 e. The van der Waals surface area contributed by atoms with Crippen LogP contribution in [0.3, 0.4) is 0 Å². The molecule has 2 heterocycles. The minimum atomic E-state index is -0.565. The maximum absolute atomic E-state index is 11.7. The second-order valence-electron chi connectivity index (χ2n) is 4.87. The van der Waals surface area contributed by atoms with Gasteiger partial charge in [0.1, 0.15) is 0 Å². The lowest BCUT2D eigenvalue weighted by Gasteiger charge is -2.10. The number of carbonyl (C=O) groups excluding carboxylic acids is 3. The Morgan fingerprint density at radius 1 is 1.52 bits per heavy atom. The van der Waals surface area contributed by atoms with Crippen molar-refractivity contribution < 1.29 is 19.1 Å². The third-order valence-corrected chi connectivity index (χ3v) is 4.01. The fraction of sp³-hybridized carbons (Fsp3) is 0.500. The van der Waals surface area contributed by atoms with E-state index in [1.165, 1.54) is 11.3 Å². The maximum atomic E-state index is 11.7. The molecule has 1 aromatic heterocycles. The molecule has 8 nitrogen and oxygen atoms in total. The van der Waals surface area contributed by atoms with Crippen LogP contribution in [0.4, 0.5) is 5.13 Å². The van der Waals surface area contributed by atoms with E-state index in [-0.39, 0.29) is 31.9 Å². The number of amides is 2. The predicted octanol–water partition coefficient (Wildman–Crippen LogP) is 0.385. The first-order chi connectivity index (χ1) is 11.1. The van der Waals surface area contributed by atoms with E-state index in [0.29, 0.717) is 23.8 Å². The van der Waals surface area contributed by atoms with Gasteiger partial charge in [-0.25, -0.2) is 4.98 Å². The van der Waals surface area contributed by atoms with Crippen molar-refractivity contribution in [2.24, 2.45) is 0 Å². The first kappa shape index (κ1) is 16.9. The SMILES string of the molecule is N#CCCNC(=O)COC(=O)Cc1csc(N2CCCC2=O)n1. The van der Waals surface area contributed by atoms with Crippen LogP contribution in [0, 0.1) is 11.3 Å². The summed E-state index contributed by atoms with van der Waals surface area (Å²) in [5, 5.41) is 13.1. The Balaban J connectivity index is 1.75. The zero-order valence-corrected chi connectivity index (χ0v) is 13.2. The lowest BCUT2D eigenvalue weighted by atomic mass is 10.3. The van der Waals surface area contributed by atoms with Crippen molar-refractivity contribution in [3.63, 3.8) is 0 Å². The number of rotatable bonds is 7. The highest BCUT2D eigenvalue weighted by atomic mass is 32.1. The molecule has 0 atom stereocenters. The third kappa shape index (κ3) is 5.03. The van der Waals surface area contributed by atoms with E-state index in [2.05, 4.69) is 10.3 Å². The van der Waals surface area contributed by atoms with Gasteiger partial charge in [-0.3, -0.25) is 19.3 Å². The molecule has 0 spiro atoms. The van der Waals surface area contributed by atoms with Gasteiger partial charge in [-0.05, 0) is 6.42 Å². The number of ether oxygens (including phenoxy) is 1. The van der Waals surface area contributed by atoms with Crippen molar-refractivity contribution in [2.75, 3.05) is 24.6 Å². The van der Waals surface area contributed by atoms with Gasteiger partial charge in [-0.15, -0.1) is 11.3 Å². The molecule has 0 saturated carbocycles. The topological polar surface area (TPSA) is 112 Å². The lowest BCUT2D eigenvalue weighted by molar-refractivity contribution is -0.147. The van der Waals surface area contributed by atoms with E-state index in [9.17, 15) is 14.4 Å². The highest BCUT2D eigenvalue weighted by Crippen LogP contribution is 2.25. The highest BCUT2D eigenvalue weighted by Gasteiger charge is 2.24. The summed E-state index contributed by atoms with van der Waals surface area (Å²) < 4.78 is 4.84. The van der Waals surface area contributed by atoms with Crippen LogP contribution in [0.15, 0.2) is 5.38 Å². The van der Waals surface area contributed by atoms with Gasteiger partial charge in [-0.2, -0.15) is 5.26 Å². The smallest absolute Gasteiger partial charge is 0.312 e. The molecule has 0 aromatic carbocycles. The summed E-state index contributed by atoms with van der Waals surface area (Å²) >= 11 is 1.31. The molecular formula is C14H16N4O4S. The largest absolute Gasteiger partial charge is 0.455 e. The van der Waals surface area contributed by atoms with Crippen LogP contribution in [0.2, 0.25) is 0 Å². The number of carbonyl (C=O) groups is 3. The van der Waals surface area contributed by atoms with Gasteiger partial charge in [0.25, 0.3) is 5.91 Å². The van der Waals surface area contributed by atoms with Crippen LogP contribution >= 0.6 is 11.3 Å². The Morgan fingerprint density at radius 2 is 2.35 bits per heavy atom. The average Bonchev–Trinajstić information content (AvgIpc) is 3.14. The zero-order chi connectivity index (χ0) is 16.7. The summed E-state index contributed by atoms with van der Waals surface area (Å²) in [6.07, 6.45) is 1.50. The van der Waals surface area contributed by atoms with Gasteiger partial charge in [0.05, 0.1) is 24.6 Å². The van der Waals surface area contributed by atoms with Crippen molar-refractivity contribution in [2.45, 2.75) is 25.7 Å². The molecular weight excluding hydrogens is 320 g/mol. The fourth-order valence-corrected chi connectivity index (χ4v) is 2.87. The van der Waals surface area contributed by atoms with Crippen LogP contribution in [0.25, 0.3) is 0 Å². The Hall–Kier alpha value is -2.47. The summed E-state index contributed by atoms with van der Waals surface area (Å²) in [6, 6.07) is 1.89. The zero-order valence-electron chi connectivity index (χ0n) is 12.4. The van der Waals surface area contributed by atoms with Crippen LogP contribution in [-0.2, 0) is 25.5 Å².